The Bertz CT molecular complexity index is 482. The summed E-state index contributed by atoms with van der Waals surface area (Å²) in [4.78, 5) is 11.8. The molecule has 0 atom stereocenters. The minimum atomic E-state index is -4.70. The third kappa shape index (κ3) is 9.92. The molecule has 0 radical (unpaired) electrons. The summed E-state index contributed by atoms with van der Waals surface area (Å²) in [6.07, 6.45) is 0.249. The molecule has 0 unspecified atom stereocenters. The number of hydrogen-bond donors (Lipinski definition) is 0. The molecular weight excluding hydrogens is 331 g/mol. The zero-order valence-electron chi connectivity index (χ0n) is 14.4. The number of benzene rings is 1. The van der Waals surface area contributed by atoms with Gasteiger partial charge in [-0.2, -0.15) is 0 Å². The zero-order chi connectivity index (χ0) is 16.8. The Morgan fingerprint density at radius 3 is 2.09 bits per heavy atom. The van der Waals surface area contributed by atoms with Crippen molar-refractivity contribution < 1.29 is 73.9 Å². The van der Waals surface area contributed by atoms with Gasteiger partial charge in [0.05, 0.1) is 12.2 Å². The van der Waals surface area contributed by atoms with Gasteiger partial charge in [0, 0.05) is 0 Å². The second kappa shape index (κ2) is 10.2. The quantitative estimate of drug-likeness (QED) is 0.426. The number of hydrogen-bond acceptors (Lipinski definition) is 2. The normalized spacial score (nSPS) is 11.7. The zero-order valence-corrected chi connectivity index (χ0v) is 17.5. The van der Waals surface area contributed by atoms with Crippen LogP contribution in [0.15, 0.2) is 24.3 Å². The van der Waals surface area contributed by atoms with Gasteiger partial charge in [0.1, 0.15) is 0 Å². The minimum Gasteiger partial charge on any atom is -0.462 e. The molecule has 2 nitrogen and oxygen atoms in total. The Labute approximate surface area is 179 Å². The second-order valence-electron chi connectivity index (χ2n) is 6.52. The van der Waals surface area contributed by atoms with E-state index in [1.54, 1.807) is 12.1 Å². The average molecular weight is 354 g/mol. The molecule has 0 heterocycles. The molecule has 0 aliphatic heterocycles. The van der Waals surface area contributed by atoms with Crippen molar-refractivity contribution in [1.82, 2.24) is 0 Å². The van der Waals surface area contributed by atoms with Crippen LogP contribution in [0.4, 0.5) is 12.9 Å². The van der Waals surface area contributed by atoms with Gasteiger partial charge < -0.3 is 17.7 Å². The molecule has 124 valence electrons. The molecule has 0 aliphatic carbocycles. The molecule has 23 heavy (non-hydrogen) atoms. The van der Waals surface area contributed by atoms with Crippen molar-refractivity contribution in [3.05, 3.63) is 35.4 Å². The van der Waals surface area contributed by atoms with E-state index >= 15 is 0 Å². The molecule has 0 saturated heterocycles. The molecular formula is C16H23BF3KO2. The van der Waals surface area contributed by atoms with Crippen LogP contribution in [0, 0.1) is 0 Å². The summed E-state index contributed by atoms with van der Waals surface area (Å²) < 4.78 is 41.1. The Kier molecular flexibility index (Phi) is 10.3. The van der Waals surface area contributed by atoms with E-state index in [1.165, 1.54) is 0 Å². The number of unbranched alkanes of at least 4 members (excludes halogenated alkanes) is 2. The maximum atomic E-state index is 12.0. The first-order valence-corrected chi connectivity index (χ1v) is 7.58. The van der Waals surface area contributed by atoms with Crippen LogP contribution < -0.4 is 51.4 Å². The molecule has 0 spiro atoms. The molecule has 1 rings (SSSR count). The molecule has 0 bridgehead atoms. The Balaban J connectivity index is 0.00000484. The van der Waals surface area contributed by atoms with Gasteiger partial charge in [-0.3, -0.25) is 0 Å². The van der Waals surface area contributed by atoms with E-state index < -0.39 is 19.3 Å². The fraction of sp³-hybridized carbons (Fsp3) is 0.562. The topological polar surface area (TPSA) is 26.3 Å². The van der Waals surface area contributed by atoms with Gasteiger partial charge in [-0.15, -0.1) is 0 Å². The molecule has 0 fully saturated rings. The predicted octanol–water partition coefficient (Wildman–Crippen LogP) is 2.16. The molecule has 0 aliphatic rings. The number of esters is 1. The first-order chi connectivity index (χ1) is 10.1. The number of rotatable bonds is 7. The summed E-state index contributed by atoms with van der Waals surface area (Å²) in [6, 6.07) is 7.22. The van der Waals surface area contributed by atoms with Crippen LogP contribution >= 0.6 is 0 Å². The van der Waals surface area contributed by atoms with Gasteiger partial charge in [-0.1, -0.05) is 52.1 Å². The van der Waals surface area contributed by atoms with Crippen molar-refractivity contribution in [1.29, 1.82) is 0 Å². The first kappa shape index (κ1) is 23.2. The largest absolute Gasteiger partial charge is 1.00 e. The van der Waals surface area contributed by atoms with Gasteiger partial charge in [0.2, 0.25) is 0 Å². The fourth-order valence-corrected chi connectivity index (χ4v) is 2.01. The van der Waals surface area contributed by atoms with Crippen LogP contribution in [0.1, 0.15) is 56.0 Å². The Morgan fingerprint density at radius 2 is 1.61 bits per heavy atom. The number of halogens is 3. The smallest absolute Gasteiger partial charge is 0.462 e. The Morgan fingerprint density at radius 1 is 1.04 bits per heavy atom. The molecule has 0 amide bonds. The number of carbonyl (C=O) groups is 1. The van der Waals surface area contributed by atoms with E-state index in [9.17, 15) is 17.7 Å². The van der Waals surface area contributed by atoms with E-state index in [2.05, 4.69) is 20.8 Å². The van der Waals surface area contributed by atoms with Crippen molar-refractivity contribution in [3.63, 3.8) is 0 Å². The number of ether oxygens (including phenoxy) is 1. The first-order valence-electron chi connectivity index (χ1n) is 7.58. The van der Waals surface area contributed by atoms with Crippen molar-refractivity contribution in [2.45, 2.75) is 51.8 Å². The maximum Gasteiger partial charge on any atom is 1.00 e. The monoisotopic (exact) mass is 354 g/mol. The van der Waals surface area contributed by atoms with Crippen molar-refractivity contribution in [2.75, 3.05) is 6.61 Å². The van der Waals surface area contributed by atoms with E-state index in [-0.39, 0.29) is 69.8 Å². The summed E-state index contributed by atoms with van der Waals surface area (Å²) >= 11 is 0. The van der Waals surface area contributed by atoms with Crippen LogP contribution in [0.2, 0.25) is 6.32 Å². The number of carbonyl (C=O) groups excluding carboxylic acids is 1. The van der Waals surface area contributed by atoms with Crippen molar-refractivity contribution in [2.24, 2.45) is 0 Å². The standard InChI is InChI=1S/C16H23BF3O2.K/c1-16(2,3)14-9-7-13(8-10-14)15(21)22-12-6-4-5-11-17(18,19)20;/h7-10H,4-6,11-12H2,1-3H3;/q-1;+1. The summed E-state index contributed by atoms with van der Waals surface area (Å²) in [5.74, 6) is -0.430. The van der Waals surface area contributed by atoms with E-state index in [0.717, 1.165) is 5.56 Å². The fourth-order valence-electron chi connectivity index (χ4n) is 2.01. The van der Waals surface area contributed by atoms with Gasteiger partial charge in [0.25, 0.3) is 0 Å². The van der Waals surface area contributed by atoms with Crippen LogP contribution in [-0.4, -0.2) is 19.6 Å². The van der Waals surface area contributed by atoms with Crippen LogP contribution in [0.25, 0.3) is 0 Å². The van der Waals surface area contributed by atoms with Gasteiger partial charge in [-0.25, -0.2) is 4.79 Å². The third-order valence-electron chi connectivity index (χ3n) is 3.40. The van der Waals surface area contributed by atoms with E-state index in [1.807, 2.05) is 12.1 Å². The molecule has 1 aromatic carbocycles. The second-order valence-corrected chi connectivity index (χ2v) is 6.52. The van der Waals surface area contributed by atoms with Gasteiger partial charge in [0.15, 0.2) is 0 Å². The molecule has 1 aromatic rings. The molecule has 0 aromatic heterocycles. The van der Waals surface area contributed by atoms with E-state index in [4.69, 9.17) is 4.74 Å². The predicted molar refractivity (Wildman–Crippen MR) is 83.2 cm³/mol. The van der Waals surface area contributed by atoms with Crippen LogP contribution in [0.5, 0.6) is 0 Å². The molecule has 0 N–H and O–H groups in total. The summed E-state index contributed by atoms with van der Waals surface area (Å²) in [5.41, 5.74) is 1.60. The van der Waals surface area contributed by atoms with Crippen molar-refractivity contribution in [3.8, 4) is 0 Å². The summed E-state index contributed by atoms with van der Waals surface area (Å²) in [7, 11) is 0. The summed E-state index contributed by atoms with van der Waals surface area (Å²) in [5, 5.41) is 0. The van der Waals surface area contributed by atoms with Gasteiger partial charge >= 0.3 is 64.3 Å². The van der Waals surface area contributed by atoms with Crippen LogP contribution in [0.3, 0.4) is 0 Å². The average Bonchev–Trinajstić information content (AvgIpc) is 2.40. The minimum absolute atomic E-state index is 0. The Hall–Kier alpha value is 0.181. The van der Waals surface area contributed by atoms with Crippen molar-refractivity contribution >= 4 is 12.9 Å². The molecule has 7 heteroatoms. The van der Waals surface area contributed by atoms with Gasteiger partial charge in [-0.05, 0) is 29.5 Å². The SMILES string of the molecule is CC(C)(C)c1ccc(C(=O)OCCCCC[B-](F)(F)F)cc1.[K+]. The van der Waals surface area contributed by atoms with Crippen LogP contribution in [-0.2, 0) is 10.2 Å². The maximum absolute atomic E-state index is 12.0. The molecule has 0 saturated carbocycles. The summed E-state index contributed by atoms with van der Waals surface area (Å²) in [6.45, 7) is 1.72. The van der Waals surface area contributed by atoms with E-state index in [0.29, 0.717) is 18.4 Å². The third-order valence-corrected chi connectivity index (χ3v) is 3.40.